The van der Waals surface area contributed by atoms with Gasteiger partial charge in [-0.3, -0.25) is 37.3 Å². The lowest BCUT2D eigenvalue weighted by atomic mass is 9.99. The van der Waals surface area contributed by atoms with Gasteiger partial charge in [-0.15, -0.1) is 0 Å². The van der Waals surface area contributed by atoms with Gasteiger partial charge >= 0.3 is 39.5 Å². The summed E-state index contributed by atoms with van der Waals surface area (Å²) in [5, 5.41) is 10.7. The van der Waals surface area contributed by atoms with E-state index in [-0.39, 0.29) is 25.7 Å². The zero-order valence-electron chi connectivity index (χ0n) is 70.5. The van der Waals surface area contributed by atoms with Crippen LogP contribution in [0.5, 0.6) is 0 Å². The molecular formula is C88H172O17P2. The van der Waals surface area contributed by atoms with Gasteiger partial charge in [-0.25, -0.2) is 9.13 Å². The maximum Gasteiger partial charge on any atom is 0.472 e. The quantitative estimate of drug-likeness (QED) is 0.0222. The molecule has 17 nitrogen and oxygen atoms in total. The lowest BCUT2D eigenvalue weighted by molar-refractivity contribution is -0.161. The molecule has 0 bridgehead atoms. The van der Waals surface area contributed by atoms with Gasteiger partial charge in [0.15, 0.2) is 12.2 Å². The van der Waals surface area contributed by atoms with Crippen molar-refractivity contribution >= 4 is 39.5 Å². The molecule has 0 saturated heterocycles. The van der Waals surface area contributed by atoms with E-state index in [1.807, 2.05) is 0 Å². The van der Waals surface area contributed by atoms with Crippen molar-refractivity contribution in [1.82, 2.24) is 0 Å². The molecule has 0 heterocycles. The Hall–Kier alpha value is -1.94. The molecule has 0 radical (unpaired) electrons. The first-order chi connectivity index (χ1) is 51.9. The Morgan fingerprint density at radius 1 is 0.262 bits per heavy atom. The van der Waals surface area contributed by atoms with Gasteiger partial charge in [-0.2, -0.15) is 0 Å². The van der Waals surface area contributed by atoms with E-state index < -0.39 is 97.5 Å². The van der Waals surface area contributed by atoms with Crippen molar-refractivity contribution in [3.05, 3.63) is 0 Å². The third kappa shape index (κ3) is 79.1. The predicted octanol–water partition coefficient (Wildman–Crippen LogP) is 27.0. The van der Waals surface area contributed by atoms with Gasteiger partial charge in [-0.1, -0.05) is 420 Å². The van der Waals surface area contributed by atoms with Crippen molar-refractivity contribution in [3.63, 3.8) is 0 Å². The third-order valence-electron chi connectivity index (χ3n) is 21.4. The molecule has 0 aliphatic heterocycles. The second-order valence-electron chi connectivity index (χ2n) is 32.1. The summed E-state index contributed by atoms with van der Waals surface area (Å²) in [6.07, 6.45) is 72.2. The second kappa shape index (κ2) is 79.3. The average molecular weight is 1560 g/mol. The number of phosphoric ester groups is 2. The van der Waals surface area contributed by atoms with E-state index in [2.05, 4.69) is 41.5 Å². The summed E-state index contributed by atoms with van der Waals surface area (Å²) in [4.78, 5) is 73.3. The minimum Gasteiger partial charge on any atom is -0.462 e. The second-order valence-corrected chi connectivity index (χ2v) is 35.0. The molecule has 19 heteroatoms. The molecular weight excluding hydrogens is 1390 g/mol. The number of aliphatic hydroxyl groups is 1. The molecule has 0 saturated carbocycles. The van der Waals surface area contributed by atoms with Crippen LogP contribution in [0.1, 0.15) is 472 Å². The van der Waals surface area contributed by atoms with Crippen LogP contribution in [0.4, 0.5) is 0 Å². The molecule has 4 unspecified atom stereocenters. The van der Waals surface area contributed by atoms with Crippen molar-refractivity contribution in [2.75, 3.05) is 39.6 Å². The average Bonchev–Trinajstić information content (AvgIpc) is 0.901. The van der Waals surface area contributed by atoms with Crippen molar-refractivity contribution < 1.29 is 80.2 Å². The number of hydrogen-bond donors (Lipinski definition) is 3. The van der Waals surface area contributed by atoms with Crippen molar-refractivity contribution in [2.24, 2.45) is 11.8 Å². The van der Waals surface area contributed by atoms with Crippen LogP contribution in [0.25, 0.3) is 0 Å². The number of carbonyl (C=O) groups excluding carboxylic acids is 4. The highest BCUT2D eigenvalue weighted by Gasteiger charge is 2.31. The fourth-order valence-corrected chi connectivity index (χ4v) is 15.3. The summed E-state index contributed by atoms with van der Waals surface area (Å²) < 4.78 is 69.0. The van der Waals surface area contributed by atoms with Crippen molar-refractivity contribution in [1.29, 1.82) is 0 Å². The largest absolute Gasteiger partial charge is 0.472 e. The molecule has 0 amide bonds. The van der Waals surface area contributed by atoms with Crippen molar-refractivity contribution in [3.8, 4) is 0 Å². The Bertz CT molecular complexity index is 2050. The Kier molecular flexibility index (Phi) is 77.9. The van der Waals surface area contributed by atoms with Gasteiger partial charge < -0.3 is 33.8 Å². The molecule has 0 aliphatic carbocycles. The molecule has 0 aromatic rings. The number of rotatable bonds is 87. The smallest absolute Gasteiger partial charge is 0.462 e. The van der Waals surface area contributed by atoms with Crippen LogP contribution in [-0.2, 0) is 65.4 Å². The topological polar surface area (TPSA) is 237 Å². The van der Waals surface area contributed by atoms with E-state index in [9.17, 15) is 43.2 Å². The Labute approximate surface area is 658 Å². The van der Waals surface area contributed by atoms with E-state index in [1.54, 1.807) is 0 Å². The van der Waals surface area contributed by atoms with Gasteiger partial charge in [0.25, 0.3) is 0 Å². The van der Waals surface area contributed by atoms with Gasteiger partial charge in [0.2, 0.25) is 0 Å². The van der Waals surface area contributed by atoms with Crippen LogP contribution in [0, 0.1) is 11.8 Å². The van der Waals surface area contributed by atoms with E-state index >= 15 is 0 Å². The SMILES string of the molecule is CCCCCCCCCCCCCCCCCCCCCCCC(=O)O[C@H](COC(=O)CCCCCCCCCCCCCCCCCCCCCC)COP(=O)(O)OC[C@@H](O)COP(=O)(O)OC[C@@H](COC(=O)CCCCCCCCCCC(C)CC)OC(=O)CCCCCCCCCCCCC(C)CC. The van der Waals surface area contributed by atoms with Gasteiger partial charge in [0, 0.05) is 25.7 Å². The fourth-order valence-electron chi connectivity index (χ4n) is 13.7. The van der Waals surface area contributed by atoms with E-state index in [0.717, 1.165) is 102 Å². The van der Waals surface area contributed by atoms with E-state index in [4.69, 9.17) is 37.0 Å². The van der Waals surface area contributed by atoms with E-state index in [1.165, 1.54) is 289 Å². The molecule has 7 atom stereocenters. The number of esters is 4. The highest BCUT2D eigenvalue weighted by atomic mass is 31.2. The first-order valence-corrected chi connectivity index (χ1v) is 48.6. The standard InChI is InChI=1S/C88H172O17P2/c1-7-11-13-15-17-19-21-23-25-27-29-31-33-35-37-39-41-46-54-60-66-72-87(92)104-83(76-98-85(90)70-64-58-52-45-40-38-36-34-32-30-28-26-24-22-20-18-16-14-12-8-2)78-102-106(94,95)100-74-82(89)75-101-107(96,97)103-79-84(77-99-86(91)71-65-59-53-49-48-51-57-63-69-81(6)10-4)105-88(93)73-67-61-55-47-43-42-44-50-56-62-68-80(5)9-3/h80-84,89H,7-79H2,1-6H3,(H,94,95)(H,96,97)/t80?,81?,82-,83-,84-/m1/s1. The van der Waals surface area contributed by atoms with E-state index in [0.29, 0.717) is 25.7 Å². The molecule has 0 aromatic carbocycles. The molecule has 0 aliphatic rings. The number of ether oxygens (including phenoxy) is 4. The maximum absolute atomic E-state index is 13.2. The van der Waals surface area contributed by atoms with Crippen LogP contribution >= 0.6 is 15.6 Å². The minimum absolute atomic E-state index is 0.106. The number of unbranched alkanes of at least 4 members (excludes halogenated alkanes) is 55. The maximum atomic E-state index is 13.2. The van der Waals surface area contributed by atoms with Crippen molar-refractivity contribution in [2.45, 2.75) is 490 Å². The summed E-state index contributed by atoms with van der Waals surface area (Å²) in [7, 11) is -9.93. The molecule has 3 N–H and O–H groups in total. The first kappa shape index (κ1) is 105. The van der Waals surface area contributed by atoms with Crippen LogP contribution in [0.15, 0.2) is 0 Å². The summed E-state index contributed by atoms with van der Waals surface area (Å²) in [5.41, 5.74) is 0. The summed E-state index contributed by atoms with van der Waals surface area (Å²) in [6.45, 7) is 9.70. The highest BCUT2D eigenvalue weighted by molar-refractivity contribution is 7.47. The van der Waals surface area contributed by atoms with Gasteiger partial charge in [0.05, 0.1) is 26.4 Å². The number of phosphoric acid groups is 2. The van der Waals surface area contributed by atoms with Crippen LogP contribution in [-0.4, -0.2) is 96.7 Å². The summed E-state index contributed by atoms with van der Waals surface area (Å²) >= 11 is 0. The molecule has 0 rings (SSSR count). The monoisotopic (exact) mass is 1560 g/mol. The molecule has 0 fully saturated rings. The number of aliphatic hydroxyl groups excluding tert-OH is 1. The Morgan fingerprint density at radius 3 is 0.664 bits per heavy atom. The Morgan fingerprint density at radius 2 is 0.449 bits per heavy atom. The zero-order chi connectivity index (χ0) is 78.5. The Balaban J connectivity index is 5.24. The fraction of sp³-hybridized carbons (Fsp3) is 0.955. The minimum atomic E-state index is -4.97. The molecule has 0 aromatic heterocycles. The lowest BCUT2D eigenvalue weighted by Gasteiger charge is -2.21. The zero-order valence-corrected chi connectivity index (χ0v) is 72.2. The molecule has 107 heavy (non-hydrogen) atoms. The molecule has 0 spiro atoms. The third-order valence-corrected chi connectivity index (χ3v) is 23.3. The van der Waals surface area contributed by atoms with Gasteiger partial charge in [0.1, 0.15) is 19.3 Å². The van der Waals surface area contributed by atoms with Crippen LogP contribution < -0.4 is 0 Å². The predicted molar refractivity (Wildman–Crippen MR) is 442 cm³/mol. The summed E-state index contributed by atoms with van der Waals surface area (Å²) in [5.74, 6) is -0.521. The molecule has 636 valence electrons. The van der Waals surface area contributed by atoms with Crippen LogP contribution in [0.3, 0.4) is 0 Å². The number of hydrogen-bond acceptors (Lipinski definition) is 15. The number of carbonyl (C=O) groups is 4. The first-order valence-electron chi connectivity index (χ1n) is 45.6. The summed E-state index contributed by atoms with van der Waals surface area (Å²) in [6, 6.07) is 0. The normalized spacial score (nSPS) is 14.3. The lowest BCUT2D eigenvalue weighted by Crippen LogP contribution is -2.30. The highest BCUT2D eigenvalue weighted by Crippen LogP contribution is 2.45. The van der Waals surface area contributed by atoms with Gasteiger partial charge in [-0.05, 0) is 37.5 Å². The van der Waals surface area contributed by atoms with Crippen LogP contribution in [0.2, 0.25) is 0 Å².